The van der Waals surface area contributed by atoms with Gasteiger partial charge in [0.15, 0.2) is 0 Å². The first kappa shape index (κ1) is 18.2. The van der Waals surface area contributed by atoms with Gasteiger partial charge in [-0.2, -0.15) is 5.26 Å². The Morgan fingerprint density at radius 2 is 1.76 bits per heavy atom. The fourth-order valence-corrected chi connectivity index (χ4v) is 4.13. The van der Waals surface area contributed by atoms with E-state index in [0.717, 1.165) is 51.6 Å². The standard InChI is InChI=1S/C18H28N4O3/c19-14-18(5-1-2-6-18)20-16(23)13-21-7-3-15(4-8-21)17(24)22-9-11-25-12-10-22/h15H,1-13H2,(H,20,23). The molecule has 0 aromatic rings. The topological polar surface area (TPSA) is 85.7 Å². The van der Waals surface area contributed by atoms with Crippen molar-refractivity contribution in [2.24, 2.45) is 5.92 Å². The lowest BCUT2D eigenvalue weighted by molar-refractivity contribution is -0.141. The molecule has 7 heteroatoms. The zero-order valence-electron chi connectivity index (χ0n) is 14.8. The van der Waals surface area contributed by atoms with Crippen molar-refractivity contribution >= 4 is 11.8 Å². The van der Waals surface area contributed by atoms with Crippen molar-refractivity contribution in [1.82, 2.24) is 15.1 Å². The number of morpholine rings is 1. The minimum Gasteiger partial charge on any atom is -0.378 e. The van der Waals surface area contributed by atoms with Gasteiger partial charge in [0.05, 0.1) is 25.8 Å². The Kier molecular flexibility index (Phi) is 5.92. The summed E-state index contributed by atoms with van der Waals surface area (Å²) in [6, 6.07) is 2.29. The molecule has 0 unspecified atom stereocenters. The first-order valence-electron chi connectivity index (χ1n) is 9.43. The highest BCUT2D eigenvalue weighted by atomic mass is 16.5. The summed E-state index contributed by atoms with van der Waals surface area (Å²) < 4.78 is 5.30. The van der Waals surface area contributed by atoms with E-state index in [-0.39, 0.29) is 17.7 Å². The molecule has 0 aromatic heterocycles. The second kappa shape index (κ2) is 8.15. The molecule has 0 atom stereocenters. The summed E-state index contributed by atoms with van der Waals surface area (Å²) in [6.07, 6.45) is 5.11. The van der Waals surface area contributed by atoms with Crippen LogP contribution in [0.1, 0.15) is 38.5 Å². The Labute approximate surface area is 149 Å². The van der Waals surface area contributed by atoms with Gasteiger partial charge in [-0.1, -0.05) is 0 Å². The third-order valence-corrected chi connectivity index (χ3v) is 5.68. The smallest absolute Gasteiger partial charge is 0.235 e. The molecule has 0 spiro atoms. The van der Waals surface area contributed by atoms with Crippen molar-refractivity contribution in [3.63, 3.8) is 0 Å². The largest absolute Gasteiger partial charge is 0.378 e. The van der Waals surface area contributed by atoms with Crippen LogP contribution >= 0.6 is 0 Å². The fraction of sp³-hybridized carbons (Fsp3) is 0.833. The van der Waals surface area contributed by atoms with Crippen molar-refractivity contribution in [2.75, 3.05) is 45.9 Å². The zero-order chi connectivity index (χ0) is 17.7. The van der Waals surface area contributed by atoms with E-state index in [2.05, 4.69) is 16.3 Å². The number of hydrogen-bond acceptors (Lipinski definition) is 5. The molecule has 0 aromatic carbocycles. The lowest BCUT2D eigenvalue weighted by atomic mass is 9.95. The number of nitrogens with zero attached hydrogens (tertiary/aromatic N) is 3. The van der Waals surface area contributed by atoms with Crippen LogP contribution in [-0.4, -0.2) is 73.1 Å². The summed E-state index contributed by atoms with van der Waals surface area (Å²) in [7, 11) is 0. The maximum absolute atomic E-state index is 12.5. The average molecular weight is 348 g/mol. The van der Waals surface area contributed by atoms with Crippen molar-refractivity contribution < 1.29 is 14.3 Å². The molecular weight excluding hydrogens is 320 g/mol. The van der Waals surface area contributed by atoms with E-state index in [1.165, 1.54) is 0 Å². The molecule has 3 aliphatic rings. The lowest BCUT2D eigenvalue weighted by Crippen LogP contribution is -2.51. The van der Waals surface area contributed by atoms with Gasteiger partial charge in [-0.25, -0.2) is 0 Å². The first-order chi connectivity index (χ1) is 12.1. The second-order valence-electron chi connectivity index (χ2n) is 7.44. The highest BCUT2D eigenvalue weighted by molar-refractivity contribution is 5.80. The zero-order valence-corrected chi connectivity index (χ0v) is 14.8. The number of ether oxygens (including phenoxy) is 1. The Balaban J connectivity index is 1.42. The van der Waals surface area contributed by atoms with E-state index in [0.29, 0.717) is 32.8 Å². The molecule has 3 fully saturated rings. The van der Waals surface area contributed by atoms with E-state index < -0.39 is 5.54 Å². The molecule has 0 radical (unpaired) electrons. The van der Waals surface area contributed by atoms with Crippen LogP contribution in [0.25, 0.3) is 0 Å². The Morgan fingerprint density at radius 3 is 2.36 bits per heavy atom. The van der Waals surface area contributed by atoms with Crippen LogP contribution in [0.3, 0.4) is 0 Å². The molecular formula is C18H28N4O3. The number of carbonyl (C=O) groups excluding carboxylic acids is 2. The van der Waals surface area contributed by atoms with Crippen LogP contribution in [0.4, 0.5) is 0 Å². The number of carbonyl (C=O) groups is 2. The van der Waals surface area contributed by atoms with Crippen molar-refractivity contribution in [1.29, 1.82) is 5.26 Å². The number of amides is 2. The lowest BCUT2D eigenvalue weighted by Gasteiger charge is -2.35. The molecule has 7 nitrogen and oxygen atoms in total. The summed E-state index contributed by atoms with van der Waals surface area (Å²) in [5.41, 5.74) is -0.651. The highest BCUT2D eigenvalue weighted by Crippen LogP contribution is 2.29. The minimum absolute atomic E-state index is 0.0673. The van der Waals surface area contributed by atoms with Crippen molar-refractivity contribution in [3.8, 4) is 6.07 Å². The third kappa shape index (κ3) is 4.50. The third-order valence-electron chi connectivity index (χ3n) is 5.68. The van der Waals surface area contributed by atoms with Crippen LogP contribution in [0.15, 0.2) is 0 Å². The van der Waals surface area contributed by atoms with Gasteiger partial charge in [-0.05, 0) is 51.6 Å². The number of nitrogens with one attached hydrogen (secondary N) is 1. The maximum atomic E-state index is 12.5. The number of likely N-dealkylation sites (tertiary alicyclic amines) is 1. The number of rotatable bonds is 4. The van der Waals surface area contributed by atoms with Crippen LogP contribution < -0.4 is 5.32 Å². The SMILES string of the molecule is N#CC1(NC(=O)CN2CCC(C(=O)N3CCOCC3)CC2)CCCC1. The van der Waals surface area contributed by atoms with Gasteiger partial charge in [0.2, 0.25) is 11.8 Å². The molecule has 1 N–H and O–H groups in total. The predicted octanol–water partition coefficient (Wildman–Crippen LogP) is 0.510. The average Bonchev–Trinajstić information content (AvgIpc) is 3.11. The van der Waals surface area contributed by atoms with Gasteiger partial charge in [-0.3, -0.25) is 14.5 Å². The number of piperidine rings is 1. The molecule has 1 aliphatic carbocycles. The quantitative estimate of drug-likeness (QED) is 0.800. The van der Waals surface area contributed by atoms with Crippen LogP contribution in [0.2, 0.25) is 0 Å². The fourth-order valence-electron chi connectivity index (χ4n) is 4.13. The van der Waals surface area contributed by atoms with Gasteiger partial charge in [0, 0.05) is 19.0 Å². The summed E-state index contributed by atoms with van der Waals surface area (Å²) in [6.45, 7) is 4.48. The van der Waals surface area contributed by atoms with Crippen LogP contribution in [0.5, 0.6) is 0 Å². The molecule has 2 heterocycles. The Hall–Kier alpha value is -1.65. The summed E-state index contributed by atoms with van der Waals surface area (Å²) in [5, 5.41) is 12.3. The van der Waals surface area contributed by atoms with E-state index in [4.69, 9.17) is 4.74 Å². The molecule has 2 amide bonds. The number of nitriles is 1. The monoisotopic (exact) mass is 348 g/mol. The Bertz CT molecular complexity index is 525. The molecule has 0 bridgehead atoms. The molecule has 138 valence electrons. The minimum atomic E-state index is -0.651. The van der Waals surface area contributed by atoms with Gasteiger partial charge in [0.25, 0.3) is 0 Å². The molecule has 3 rings (SSSR count). The normalized spacial score (nSPS) is 24.7. The molecule has 25 heavy (non-hydrogen) atoms. The highest BCUT2D eigenvalue weighted by Gasteiger charge is 2.36. The van der Waals surface area contributed by atoms with Crippen molar-refractivity contribution in [2.45, 2.75) is 44.1 Å². The Morgan fingerprint density at radius 1 is 1.12 bits per heavy atom. The maximum Gasteiger partial charge on any atom is 0.235 e. The van der Waals surface area contributed by atoms with E-state index in [1.54, 1.807) is 0 Å². The predicted molar refractivity (Wildman–Crippen MR) is 91.5 cm³/mol. The molecule has 2 aliphatic heterocycles. The molecule has 2 saturated heterocycles. The number of hydrogen-bond donors (Lipinski definition) is 1. The van der Waals surface area contributed by atoms with Crippen LogP contribution in [-0.2, 0) is 14.3 Å². The van der Waals surface area contributed by atoms with Gasteiger partial charge >= 0.3 is 0 Å². The first-order valence-corrected chi connectivity index (χ1v) is 9.43. The van der Waals surface area contributed by atoms with Gasteiger partial charge in [-0.15, -0.1) is 0 Å². The van der Waals surface area contributed by atoms with E-state index in [1.807, 2.05) is 4.90 Å². The van der Waals surface area contributed by atoms with E-state index >= 15 is 0 Å². The van der Waals surface area contributed by atoms with Crippen molar-refractivity contribution in [3.05, 3.63) is 0 Å². The van der Waals surface area contributed by atoms with Gasteiger partial charge in [0.1, 0.15) is 5.54 Å². The molecule has 1 saturated carbocycles. The summed E-state index contributed by atoms with van der Waals surface area (Å²) in [4.78, 5) is 28.8. The summed E-state index contributed by atoms with van der Waals surface area (Å²) in [5.74, 6) is 0.237. The van der Waals surface area contributed by atoms with E-state index in [9.17, 15) is 14.9 Å². The summed E-state index contributed by atoms with van der Waals surface area (Å²) >= 11 is 0. The van der Waals surface area contributed by atoms with Crippen LogP contribution in [0, 0.1) is 17.2 Å². The van der Waals surface area contributed by atoms with Gasteiger partial charge < -0.3 is 15.0 Å². The second-order valence-corrected chi connectivity index (χ2v) is 7.44.